The molecule has 0 saturated carbocycles. The van der Waals surface area contributed by atoms with Gasteiger partial charge < -0.3 is 0 Å². The first kappa shape index (κ1) is 19.9. The van der Waals surface area contributed by atoms with Gasteiger partial charge in [-0.3, -0.25) is 0 Å². The maximum Gasteiger partial charge on any atom is 0.226 e. The topological polar surface area (TPSA) is 24.7 Å². The lowest BCUT2D eigenvalue weighted by atomic mass is 10.0. The number of benzene rings is 1. The standard InChI is InChI=1S/C19H25BrCl2N2/c1-2-15-10-11-17-18(16(15)9-8-13-20)24-19(22,23-17)12-6-4-3-5-7-14-21/h2,10-11H,1,3-9,12-14H2. The van der Waals surface area contributed by atoms with Gasteiger partial charge in [-0.2, -0.15) is 0 Å². The fraction of sp³-hybridized carbons (Fsp3) is 0.579. The fourth-order valence-electron chi connectivity index (χ4n) is 3.02. The third-order valence-corrected chi connectivity index (χ3v) is 5.47. The van der Waals surface area contributed by atoms with E-state index >= 15 is 0 Å². The van der Waals surface area contributed by atoms with E-state index in [2.05, 4.69) is 28.6 Å². The molecule has 5 heteroatoms. The summed E-state index contributed by atoms with van der Waals surface area (Å²) in [4.78, 5) is 9.49. The first-order chi connectivity index (χ1) is 11.6. The molecule has 0 N–H and O–H groups in total. The van der Waals surface area contributed by atoms with Crippen LogP contribution in [0.25, 0.3) is 6.08 Å². The molecule has 1 aromatic rings. The highest BCUT2D eigenvalue weighted by atomic mass is 79.9. The van der Waals surface area contributed by atoms with Crippen molar-refractivity contribution in [3.05, 3.63) is 40.6 Å². The van der Waals surface area contributed by atoms with Crippen LogP contribution < -0.4 is 10.7 Å². The number of rotatable bonds is 11. The predicted octanol–water partition coefficient (Wildman–Crippen LogP) is 5.38. The normalized spacial score (nSPS) is 18.8. The van der Waals surface area contributed by atoms with E-state index in [1.807, 2.05) is 12.1 Å². The highest BCUT2D eigenvalue weighted by molar-refractivity contribution is 9.09. The number of alkyl halides is 3. The summed E-state index contributed by atoms with van der Waals surface area (Å²) in [5.74, 6) is 0.752. The average molecular weight is 432 g/mol. The van der Waals surface area contributed by atoms with E-state index in [1.54, 1.807) is 0 Å². The Kier molecular flexibility index (Phi) is 8.25. The van der Waals surface area contributed by atoms with Gasteiger partial charge in [-0.15, -0.1) is 11.6 Å². The molecule has 0 aliphatic carbocycles. The van der Waals surface area contributed by atoms with Crippen molar-refractivity contribution in [2.24, 2.45) is 9.98 Å². The molecule has 0 aromatic heterocycles. The summed E-state index contributed by atoms with van der Waals surface area (Å²) in [5, 5.41) is 2.03. The van der Waals surface area contributed by atoms with E-state index in [1.165, 1.54) is 18.4 Å². The lowest BCUT2D eigenvalue weighted by Gasteiger charge is -2.14. The van der Waals surface area contributed by atoms with Gasteiger partial charge in [0.05, 0.1) is 10.7 Å². The molecule has 0 amide bonds. The van der Waals surface area contributed by atoms with E-state index < -0.39 is 5.12 Å². The third kappa shape index (κ3) is 5.31. The van der Waals surface area contributed by atoms with Crippen LogP contribution in [0, 0.1) is 0 Å². The summed E-state index contributed by atoms with van der Waals surface area (Å²) in [6.45, 7) is 3.92. The maximum absolute atomic E-state index is 6.69. The van der Waals surface area contributed by atoms with E-state index in [0.29, 0.717) is 0 Å². The molecule has 1 heterocycles. The molecule has 2 rings (SSSR count). The first-order valence-electron chi connectivity index (χ1n) is 8.68. The molecule has 1 atom stereocenters. The van der Waals surface area contributed by atoms with Crippen LogP contribution in [-0.2, 0) is 6.42 Å². The van der Waals surface area contributed by atoms with Crippen molar-refractivity contribution in [1.82, 2.24) is 0 Å². The monoisotopic (exact) mass is 430 g/mol. The molecular formula is C19H25BrCl2N2. The fourth-order valence-corrected chi connectivity index (χ4v) is 3.80. The quantitative estimate of drug-likeness (QED) is 0.255. The van der Waals surface area contributed by atoms with E-state index in [-0.39, 0.29) is 0 Å². The summed E-state index contributed by atoms with van der Waals surface area (Å²) in [6, 6.07) is 4.08. The van der Waals surface area contributed by atoms with Crippen molar-refractivity contribution in [2.45, 2.75) is 56.5 Å². The molecule has 1 aliphatic rings. The van der Waals surface area contributed by atoms with Crippen molar-refractivity contribution in [3.63, 3.8) is 0 Å². The Morgan fingerprint density at radius 2 is 1.83 bits per heavy atom. The summed E-state index contributed by atoms with van der Waals surface area (Å²) in [6.07, 6.45) is 10.4. The van der Waals surface area contributed by atoms with Crippen LogP contribution in [0.2, 0.25) is 0 Å². The van der Waals surface area contributed by atoms with Crippen molar-refractivity contribution >= 4 is 45.2 Å². The second-order valence-corrected chi connectivity index (χ2v) is 7.92. The minimum absolute atomic E-state index is 0.752. The molecule has 0 radical (unpaired) electrons. The summed E-state index contributed by atoms with van der Waals surface area (Å²) in [7, 11) is 0. The second kappa shape index (κ2) is 9.94. The van der Waals surface area contributed by atoms with E-state index in [4.69, 9.17) is 33.2 Å². The minimum atomic E-state index is -0.822. The van der Waals surface area contributed by atoms with Gasteiger partial charge in [0.1, 0.15) is 0 Å². The molecular weight excluding hydrogens is 407 g/mol. The van der Waals surface area contributed by atoms with Crippen molar-refractivity contribution in [3.8, 4) is 0 Å². The molecule has 0 bridgehead atoms. The van der Waals surface area contributed by atoms with E-state index in [0.717, 1.165) is 66.0 Å². The van der Waals surface area contributed by atoms with Gasteiger partial charge >= 0.3 is 0 Å². The lowest BCUT2D eigenvalue weighted by Crippen LogP contribution is -2.27. The number of hydrogen-bond donors (Lipinski definition) is 0. The minimum Gasteiger partial charge on any atom is -0.238 e. The Balaban J connectivity index is 2.10. The molecule has 1 aromatic carbocycles. The van der Waals surface area contributed by atoms with Crippen LogP contribution in [0.5, 0.6) is 0 Å². The number of hydrogen-bond acceptors (Lipinski definition) is 2. The Bertz CT molecular complexity index is 675. The lowest BCUT2D eigenvalue weighted by molar-refractivity contribution is 0.513. The van der Waals surface area contributed by atoms with Crippen LogP contribution in [0.15, 0.2) is 28.7 Å². The van der Waals surface area contributed by atoms with Gasteiger partial charge in [-0.05, 0) is 42.9 Å². The van der Waals surface area contributed by atoms with Gasteiger partial charge in [0.25, 0.3) is 0 Å². The molecule has 132 valence electrons. The molecule has 0 fully saturated rings. The molecule has 1 aliphatic heterocycles. The maximum atomic E-state index is 6.69. The highest BCUT2D eigenvalue weighted by Crippen LogP contribution is 2.27. The Morgan fingerprint density at radius 3 is 2.54 bits per heavy atom. The van der Waals surface area contributed by atoms with Crippen LogP contribution in [-0.4, -0.2) is 16.3 Å². The zero-order valence-electron chi connectivity index (χ0n) is 14.0. The molecule has 2 nitrogen and oxygen atoms in total. The Morgan fingerprint density at radius 1 is 1.08 bits per heavy atom. The van der Waals surface area contributed by atoms with Crippen LogP contribution in [0.1, 0.15) is 56.1 Å². The van der Waals surface area contributed by atoms with Crippen molar-refractivity contribution in [1.29, 1.82) is 0 Å². The number of unbranched alkanes of at least 4 members (excludes halogenated alkanes) is 4. The van der Waals surface area contributed by atoms with Crippen LogP contribution in [0.3, 0.4) is 0 Å². The second-order valence-electron chi connectivity index (χ2n) is 6.15. The van der Waals surface area contributed by atoms with Gasteiger partial charge in [-0.1, -0.05) is 65.5 Å². The Hall–Kier alpha value is -0.380. The first-order valence-corrected chi connectivity index (χ1v) is 10.7. The average Bonchev–Trinajstić information content (AvgIpc) is 2.92. The SMILES string of the molecule is C=Cc1ccc2c(c1CCCBr)=NC(Cl)(CCCCCCCCl)N=2. The van der Waals surface area contributed by atoms with Gasteiger partial charge in [0, 0.05) is 17.6 Å². The number of nitrogens with zero attached hydrogens (tertiary/aromatic N) is 2. The molecule has 0 saturated heterocycles. The zero-order valence-corrected chi connectivity index (χ0v) is 17.1. The summed E-state index contributed by atoms with van der Waals surface area (Å²) in [5.41, 5.74) is 2.35. The highest BCUT2D eigenvalue weighted by Gasteiger charge is 2.28. The Labute approximate surface area is 163 Å². The number of fused-ring (bicyclic) bond motifs is 1. The predicted molar refractivity (Wildman–Crippen MR) is 108 cm³/mol. The number of halogens is 3. The summed E-state index contributed by atoms with van der Waals surface area (Å²) >= 11 is 15.9. The van der Waals surface area contributed by atoms with Gasteiger partial charge in [0.2, 0.25) is 5.12 Å². The van der Waals surface area contributed by atoms with Crippen LogP contribution >= 0.6 is 39.1 Å². The largest absolute Gasteiger partial charge is 0.238 e. The zero-order chi connectivity index (χ0) is 17.4. The van der Waals surface area contributed by atoms with Crippen molar-refractivity contribution < 1.29 is 0 Å². The molecule has 1 unspecified atom stereocenters. The van der Waals surface area contributed by atoms with Gasteiger partial charge in [0.15, 0.2) is 0 Å². The smallest absolute Gasteiger partial charge is 0.226 e. The third-order valence-electron chi connectivity index (χ3n) is 4.28. The van der Waals surface area contributed by atoms with Crippen molar-refractivity contribution in [2.75, 3.05) is 11.2 Å². The van der Waals surface area contributed by atoms with Gasteiger partial charge in [-0.25, -0.2) is 9.98 Å². The molecule has 0 spiro atoms. The molecule has 24 heavy (non-hydrogen) atoms. The van der Waals surface area contributed by atoms with E-state index in [9.17, 15) is 0 Å². The summed E-state index contributed by atoms with van der Waals surface area (Å²) < 4.78 is 0. The van der Waals surface area contributed by atoms with Crippen LogP contribution in [0.4, 0.5) is 0 Å².